The van der Waals surface area contributed by atoms with Gasteiger partial charge in [0.15, 0.2) is 11.9 Å². The summed E-state index contributed by atoms with van der Waals surface area (Å²) in [6.07, 6.45) is 7.55. The SMILES string of the molecule is CCCn1cnnc1CNC(=O)[C@H](CC)Oc1ccc2c(c1)CCCC2. The number of ether oxygens (including phenoxy) is 1. The Morgan fingerprint density at radius 3 is 2.85 bits per heavy atom. The Balaban J connectivity index is 1.59. The van der Waals surface area contributed by atoms with Crippen LogP contribution in [0.25, 0.3) is 0 Å². The second-order valence-electron chi connectivity index (χ2n) is 6.81. The molecule has 26 heavy (non-hydrogen) atoms. The molecule has 0 fully saturated rings. The number of carbonyl (C=O) groups is 1. The smallest absolute Gasteiger partial charge is 0.261 e. The minimum atomic E-state index is -0.501. The quantitative estimate of drug-likeness (QED) is 0.789. The number of aromatic nitrogens is 3. The number of amides is 1. The van der Waals surface area contributed by atoms with E-state index >= 15 is 0 Å². The summed E-state index contributed by atoms with van der Waals surface area (Å²) in [5.74, 6) is 1.43. The third kappa shape index (κ3) is 4.42. The highest BCUT2D eigenvalue weighted by molar-refractivity contribution is 5.81. The third-order valence-electron chi connectivity index (χ3n) is 4.84. The zero-order valence-corrected chi connectivity index (χ0v) is 15.7. The molecule has 1 heterocycles. The Morgan fingerprint density at radius 2 is 2.08 bits per heavy atom. The molecular formula is C20H28N4O2. The third-order valence-corrected chi connectivity index (χ3v) is 4.84. The first-order valence-electron chi connectivity index (χ1n) is 9.64. The van der Waals surface area contributed by atoms with E-state index < -0.39 is 6.10 Å². The van der Waals surface area contributed by atoms with Gasteiger partial charge in [-0.3, -0.25) is 4.79 Å². The van der Waals surface area contributed by atoms with Gasteiger partial charge in [0.05, 0.1) is 6.54 Å². The molecule has 0 aliphatic heterocycles. The van der Waals surface area contributed by atoms with Crippen LogP contribution in [-0.4, -0.2) is 26.8 Å². The van der Waals surface area contributed by atoms with Gasteiger partial charge in [0.2, 0.25) is 0 Å². The lowest BCUT2D eigenvalue weighted by atomic mass is 9.92. The summed E-state index contributed by atoms with van der Waals surface area (Å²) >= 11 is 0. The number of nitrogens with one attached hydrogen (secondary N) is 1. The van der Waals surface area contributed by atoms with Crippen molar-refractivity contribution >= 4 is 5.91 Å². The van der Waals surface area contributed by atoms with E-state index in [1.807, 2.05) is 17.6 Å². The molecule has 1 atom stereocenters. The largest absolute Gasteiger partial charge is 0.481 e. The summed E-state index contributed by atoms with van der Waals surface area (Å²) in [5.41, 5.74) is 2.77. The van der Waals surface area contributed by atoms with Crippen molar-refractivity contribution in [2.75, 3.05) is 0 Å². The number of fused-ring (bicyclic) bond motifs is 1. The Labute approximate surface area is 155 Å². The van der Waals surface area contributed by atoms with Crippen molar-refractivity contribution < 1.29 is 9.53 Å². The highest BCUT2D eigenvalue weighted by atomic mass is 16.5. The van der Waals surface area contributed by atoms with Gasteiger partial charge in [-0.05, 0) is 61.8 Å². The molecule has 1 amide bonds. The van der Waals surface area contributed by atoms with Crippen LogP contribution in [0.1, 0.15) is 56.5 Å². The van der Waals surface area contributed by atoms with Crippen molar-refractivity contribution in [3.8, 4) is 5.75 Å². The Kier molecular flexibility index (Phi) is 6.26. The molecule has 0 unspecified atom stereocenters. The first-order valence-corrected chi connectivity index (χ1v) is 9.64. The summed E-state index contributed by atoms with van der Waals surface area (Å²) in [7, 11) is 0. The fourth-order valence-electron chi connectivity index (χ4n) is 3.39. The minimum absolute atomic E-state index is 0.115. The summed E-state index contributed by atoms with van der Waals surface area (Å²) < 4.78 is 7.95. The Morgan fingerprint density at radius 1 is 1.27 bits per heavy atom. The minimum Gasteiger partial charge on any atom is -0.481 e. The fraction of sp³-hybridized carbons (Fsp3) is 0.550. The van der Waals surface area contributed by atoms with Crippen LogP contribution in [0.15, 0.2) is 24.5 Å². The monoisotopic (exact) mass is 356 g/mol. The number of carbonyl (C=O) groups excluding carboxylic acids is 1. The van der Waals surface area contributed by atoms with Gasteiger partial charge in [-0.1, -0.05) is 19.9 Å². The van der Waals surface area contributed by atoms with Crippen molar-refractivity contribution in [1.82, 2.24) is 20.1 Å². The van der Waals surface area contributed by atoms with E-state index in [0.717, 1.165) is 37.4 Å². The molecule has 2 aromatic rings. The lowest BCUT2D eigenvalue weighted by molar-refractivity contribution is -0.128. The standard InChI is InChI=1S/C20H28N4O2/c1-3-11-24-14-22-23-19(24)13-21-20(25)18(4-2)26-17-10-9-15-7-5-6-8-16(15)12-17/h9-10,12,14,18H,3-8,11,13H2,1-2H3,(H,21,25)/t18-/m0/s1. The van der Waals surface area contributed by atoms with Crippen molar-refractivity contribution in [3.63, 3.8) is 0 Å². The van der Waals surface area contributed by atoms with Gasteiger partial charge in [0.1, 0.15) is 12.1 Å². The van der Waals surface area contributed by atoms with E-state index in [1.165, 1.54) is 24.0 Å². The predicted octanol–water partition coefficient (Wildman–Crippen LogP) is 3.04. The van der Waals surface area contributed by atoms with Crippen molar-refractivity contribution in [2.45, 2.75) is 71.6 Å². The summed E-state index contributed by atoms with van der Waals surface area (Å²) in [4.78, 5) is 12.5. The highest BCUT2D eigenvalue weighted by Crippen LogP contribution is 2.26. The highest BCUT2D eigenvalue weighted by Gasteiger charge is 2.20. The van der Waals surface area contributed by atoms with E-state index in [4.69, 9.17) is 4.74 Å². The average Bonchev–Trinajstić information content (AvgIpc) is 3.11. The van der Waals surface area contributed by atoms with E-state index in [2.05, 4.69) is 34.6 Å². The maximum atomic E-state index is 12.5. The molecule has 6 nitrogen and oxygen atoms in total. The molecular weight excluding hydrogens is 328 g/mol. The molecule has 1 aliphatic carbocycles. The van der Waals surface area contributed by atoms with Crippen molar-refractivity contribution in [2.24, 2.45) is 0 Å². The van der Waals surface area contributed by atoms with Crippen molar-refractivity contribution in [1.29, 1.82) is 0 Å². The normalized spacial score (nSPS) is 14.5. The van der Waals surface area contributed by atoms with Gasteiger partial charge in [-0.15, -0.1) is 10.2 Å². The predicted molar refractivity (Wildman–Crippen MR) is 100.0 cm³/mol. The summed E-state index contributed by atoms with van der Waals surface area (Å²) in [6.45, 7) is 5.27. The second kappa shape index (κ2) is 8.83. The average molecular weight is 356 g/mol. The van der Waals surface area contributed by atoms with Crippen LogP contribution < -0.4 is 10.1 Å². The van der Waals surface area contributed by atoms with Crippen LogP contribution in [-0.2, 0) is 30.7 Å². The number of nitrogens with zero attached hydrogens (tertiary/aromatic N) is 3. The maximum absolute atomic E-state index is 12.5. The first-order chi connectivity index (χ1) is 12.7. The fourth-order valence-corrected chi connectivity index (χ4v) is 3.39. The van der Waals surface area contributed by atoms with Crippen LogP contribution in [0, 0.1) is 0 Å². The van der Waals surface area contributed by atoms with E-state index in [9.17, 15) is 4.79 Å². The van der Waals surface area contributed by atoms with Crippen LogP contribution in [0.5, 0.6) is 5.75 Å². The molecule has 140 valence electrons. The number of aryl methyl sites for hydroxylation is 3. The van der Waals surface area contributed by atoms with Crippen LogP contribution in [0.4, 0.5) is 0 Å². The first kappa shape index (κ1) is 18.4. The Bertz CT molecular complexity index is 741. The number of hydrogen-bond donors (Lipinski definition) is 1. The lowest BCUT2D eigenvalue weighted by Gasteiger charge is -2.20. The van der Waals surface area contributed by atoms with Crippen LogP contribution in [0.3, 0.4) is 0 Å². The van der Waals surface area contributed by atoms with E-state index in [-0.39, 0.29) is 5.91 Å². The molecule has 1 aromatic carbocycles. The van der Waals surface area contributed by atoms with Gasteiger partial charge in [-0.25, -0.2) is 0 Å². The van der Waals surface area contributed by atoms with E-state index in [0.29, 0.717) is 13.0 Å². The van der Waals surface area contributed by atoms with Crippen LogP contribution in [0.2, 0.25) is 0 Å². The molecule has 0 saturated carbocycles. The molecule has 3 rings (SSSR count). The number of rotatable bonds is 8. The molecule has 0 bridgehead atoms. The molecule has 1 aromatic heterocycles. The number of hydrogen-bond acceptors (Lipinski definition) is 4. The second-order valence-corrected chi connectivity index (χ2v) is 6.81. The number of benzene rings is 1. The molecule has 1 aliphatic rings. The molecule has 1 N–H and O–H groups in total. The van der Waals surface area contributed by atoms with Crippen LogP contribution >= 0.6 is 0 Å². The molecule has 0 saturated heterocycles. The van der Waals surface area contributed by atoms with Gasteiger partial charge < -0.3 is 14.6 Å². The molecule has 0 spiro atoms. The van der Waals surface area contributed by atoms with Gasteiger partial charge in [0.25, 0.3) is 5.91 Å². The zero-order valence-electron chi connectivity index (χ0n) is 15.7. The Hall–Kier alpha value is -2.37. The van der Waals surface area contributed by atoms with Gasteiger partial charge >= 0.3 is 0 Å². The maximum Gasteiger partial charge on any atom is 0.261 e. The van der Waals surface area contributed by atoms with Crippen molar-refractivity contribution in [3.05, 3.63) is 41.5 Å². The van der Waals surface area contributed by atoms with Gasteiger partial charge in [-0.2, -0.15) is 0 Å². The lowest BCUT2D eigenvalue weighted by Crippen LogP contribution is -2.38. The zero-order chi connectivity index (χ0) is 18.4. The summed E-state index contributed by atoms with van der Waals surface area (Å²) in [5, 5.41) is 10.9. The molecule has 0 radical (unpaired) electrons. The van der Waals surface area contributed by atoms with Gasteiger partial charge in [0, 0.05) is 6.54 Å². The van der Waals surface area contributed by atoms with E-state index in [1.54, 1.807) is 6.33 Å². The molecule has 6 heteroatoms. The topological polar surface area (TPSA) is 69.0 Å². The summed E-state index contributed by atoms with van der Waals surface area (Å²) in [6, 6.07) is 6.22.